The lowest BCUT2D eigenvalue weighted by molar-refractivity contribution is 0.0441. The summed E-state index contributed by atoms with van der Waals surface area (Å²) >= 11 is 3.51. The number of alkyl halides is 1. The number of methoxy groups -OCH3 is 2. The monoisotopic (exact) mass is 357 g/mol. The van der Waals surface area contributed by atoms with E-state index in [0.717, 1.165) is 12.8 Å². The molecule has 1 aliphatic rings. The van der Waals surface area contributed by atoms with Crippen LogP contribution in [0.3, 0.4) is 0 Å². The van der Waals surface area contributed by atoms with Crippen LogP contribution >= 0.6 is 15.9 Å². The van der Waals surface area contributed by atoms with Crippen molar-refractivity contribution in [3.8, 4) is 11.5 Å². The van der Waals surface area contributed by atoms with E-state index in [1.807, 2.05) is 0 Å². The largest absolute Gasteiger partial charge is 0.497 e. The summed E-state index contributed by atoms with van der Waals surface area (Å²) in [5.74, 6) is 1.06. The summed E-state index contributed by atoms with van der Waals surface area (Å²) in [6, 6.07) is 5.16. The number of amides is 1. The number of rotatable bonds is 5. The Morgan fingerprint density at radius 2 is 1.81 bits per heavy atom. The van der Waals surface area contributed by atoms with Crippen LogP contribution < -0.4 is 14.8 Å². The molecule has 0 bridgehead atoms. The van der Waals surface area contributed by atoms with Crippen molar-refractivity contribution in [2.45, 2.75) is 18.4 Å². The Morgan fingerprint density at radius 3 is 2.29 bits per heavy atom. The average Bonchev–Trinajstić information content (AvgIpc) is 2.55. The third kappa shape index (κ3) is 3.89. The topological polar surface area (TPSA) is 56.8 Å². The van der Waals surface area contributed by atoms with Gasteiger partial charge in [-0.25, -0.2) is 0 Å². The van der Waals surface area contributed by atoms with E-state index in [1.165, 1.54) is 0 Å². The maximum absolute atomic E-state index is 12.5. The van der Waals surface area contributed by atoms with Crippen molar-refractivity contribution < 1.29 is 19.0 Å². The summed E-state index contributed by atoms with van der Waals surface area (Å²) in [6.45, 7) is 1.32. The first-order valence-corrected chi connectivity index (χ1v) is 7.94. The minimum atomic E-state index is -0.258. The van der Waals surface area contributed by atoms with Crippen molar-refractivity contribution in [2.75, 3.05) is 32.8 Å². The van der Waals surface area contributed by atoms with Crippen LogP contribution in [-0.2, 0) is 4.74 Å². The van der Waals surface area contributed by atoms with E-state index in [-0.39, 0.29) is 11.4 Å². The average molecular weight is 358 g/mol. The molecule has 1 amide bonds. The molecule has 0 unspecified atom stereocenters. The van der Waals surface area contributed by atoms with Gasteiger partial charge in [0.25, 0.3) is 5.91 Å². The second-order valence-electron chi connectivity index (χ2n) is 5.08. The zero-order chi connectivity index (χ0) is 15.3. The van der Waals surface area contributed by atoms with E-state index >= 15 is 0 Å². The highest BCUT2D eigenvalue weighted by molar-refractivity contribution is 9.09. The van der Waals surface area contributed by atoms with Crippen LogP contribution in [-0.4, -0.2) is 44.2 Å². The fourth-order valence-corrected chi connectivity index (χ4v) is 3.01. The molecule has 1 aromatic rings. The number of hydrogen-bond acceptors (Lipinski definition) is 4. The molecule has 0 atom stereocenters. The van der Waals surface area contributed by atoms with Crippen LogP contribution in [0.25, 0.3) is 0 Å². The summed E-state index contributed by atoms with van der Waals surface area (Å²) in [7, 11) is 3.13. The lowest BCUT2D eigenvalue weighted by Gasteiger charge is -2.36. The third-order valence-electron chi connectivity index (χ3n) is 3.70. The Labute approximate surface area is 133 Å². The molecule has 21 heavy (non-hydrogen) atoms. The zero-order valence-electron chi connectivity index (χ0n) is 12.3. The number of carbonyl (C=O) groups is 1. The lowest BCUT2D eigenvalue weighted by Crippen LogP contribution is -2.53. The van der Waals surface area contributed by atoms with Crippen LogP contribution in [0, 0.1) is 0 Å². The van der Waals surface area contributed by atoms with Crippen molar-refractivity contribution in [2.24, 2.45) is 0 Å². The Balaban J connectivity index is 2.19. The summed E-state index contributed by atoms with van der Waals surface area (Å²) in [4.78, 5) is 12.5. The van der Waals surface area contributed by atoms with Gasteiger partial charge in [-0.05, 0) is 25.0 Å². The normalized spacial score (nSPS) is 17.1. The van der Waals surface area contributed by atoms with Gasteiger partial charge in [0.1, 0.15) is 11.5 Å². The van der Waals surface area contributed by atoms with E-state index < -0.39 is 0 Å². The molecule has 1 saturated heterocycles. The second kappa shape index (κ2) is 7.13. The molecule has 0 spiro atoms. The van der Waals surface area contributed by atoms with Gasteiger partial charge in [-0.3, -0.25) is 4.79 Å². The summed E-state index contributed by atoms with van der Waals surface area (Å²) in [6.07, 6.45) is 1.59. The van der Waals surface area contributed by atoms with E-state index in [1.54, 1.807) is 32.4 Å². The Morgan fingerprint density at radius 1 is 1.24 bits per heavy atom. The molecular formula is C15H20BrNO4. The highest BCUT2D eigenvalue weighted by atomic mass is 79.9. The number of benzene rings is 1. The molecule has 0 saturated carbocycles. The van der Waals surface area contributed by atoms with Crippen molar-refractivity contribution in [1.82, 2.24) is 5.32 Å². The van der Waals surface area contributed by atoms with Gasteiger partial charge in [-0.15, -0.1) is 0 Å². The number of nitrogens with one attached hydrogen (secondary N) is 1. The van der Waals surface area contributed by atoms with E-state index in [2.05, 4.69) is 21.2 Å². The summed E-state index contributed by atoms with van der Waals surface area (Å²) in [5, 5.41) is 3.83. The smallest absolute Gasteiger partial charge is 0.252 e. The van der Waals surface area contributed by atoms with Crippen LogP contribution in [0.4, 0.5) is 0 Å². The molecule has 1 N–H and O–H groups in total. The third-order valence-corrected chi connectivity index (χ3v) is 4.77. The maximum Gasteiger partial charge on any atom is 0.252 e. The van der Waals surface area contributed by atoms with Gasteiger partial charge in [-0.1, -0.05) is 15.9 Å². The Hall–Kier alpha value is -1.27. The van der Waals surface area contributed by atoms with Gasteiger partial charge in [0, 0.05) is 30.2 Å². The summed E-state index contributed by atoms with van der Waals surface area (Å²) < 4.78 is 15.8. The molecule has 0 aromatic heterocycles. The molecule has 6 heteroatoms. The standard InChI is InChI=1S/C15H20BrNO4/c1-19-12-7-11(8-13(9-12)20-2)14(18)17-15(10-16)3-5-21-6-4-15/h7-9H,3-6,10H2,1-2H3,(H,17,18). The van der Waals surface area contributed by atoms with E-state index in [9.17, 15) is 4.79 Å². The molecule has 0 aliphatic carbocycles. The first kappa shape index (κ1) is 16.1. The molecule has 116 valence electrons. The number of carbonyl (C=O) groups excluding carboxylic acids is 1. The van der Waals surface area contributed by atoms with Crippen LogP contribution in [0.15, 0.2) is 18.2 Å². The summed E-state index contributed by atoms with van der Waals surface area (Å²) in [5.41, 5.74) is 0.268. The Kier molecular flexibility index (Phi) is 5.47. The zero-order valence-corrected chi connectivity index (χ0v) is 13.9. The van der Waals surface area contributed by atoms with Gasteiger partial charge in [0.2, 0.25) is 0 Å². The van der Waals surface area contributed by atoms with Gasteiger partial charge in [0.15, 0.2) is 0 Å². The number of hydrogen-bond donors (Lipinski definition) is 1. The molecule has 0 radical (unpaired) electrons. The molecular weight excluding hydrogens is 338 g/mol. The van der Waals surface area contributed by atoms with Gasteiger partial charge >= 0.3 is 0 Å². The van der Waals surface area contributed by atoms with E-state index in [4.69, 9.17) is 14.2 Å². The van der Waals surface area contributed by atoms with Gasteiger partial charge in [-0.2, -0.15) is 0 Å². The van der Waals surface area contributed by atoms with Crippen LogP contribution in [0.2, 0.25) is 0 Å². The highest BCUT2D eigenvalue weighted by Gasteiger charge is 2.33. The van der Waals surface area contributed by atoms with Gasteiger partial charge in [0.05, 0.1) is 19.8 Å². The Bertz CT molecular complexity index is 478. The predicted molar refractivity (Wildman–Crippen MR) is 83.6 cm³/mol. The molecule has 1 aliphatic heterocycles. The maximum atomic E-state index is 12.5. The predicted octanol–water partition coefficient (Wildman–Crippen LogP) is 2.38. The molecule has 1 heterocycles. The van der Waals surface area contributed by atoms with Crippen molar-refractivity contribution in [3.05, 3.63) is 23.8 Å². The van der Waals surface area contributed by atoms with Crippen molar-refractivity contribution >= 4 is 21.8 Å². The van der Waals surface area contributed by atoms with Crippen molar-refractivity contribution in [1.29, 1.82) is 0 Å². The van der Waals surface area contributed by atoms with E-state index in [0.29, 0.717) is 35.6 Å². The van der Waals surface area contributed by atoms with Gasteiger partial charge < -0.3 is 19.5 Å². The minimum Gasteiger partial charge on any atom is -0.497 e. The molecule has 5 nitrogen and oxygen atoms in total. The molecule has 2 rings (SSSR count). The molecule has 1 fully saturated rings. The first-order valence-electron chi connectivity index (χ1n) is 6.82. The van der Waals surface area contributed by atoms with Crippen LogP contribution in [0.5, 0.6) is 11.5 Å². The fourth-order valence-electron chi connectivity index (χ4n) is 2.31. The minimum absolute atomic E-state index is 0.131. The lowest BCUT2D eigenvalue weighted by atomic mass is 9.92. The fraction of sp³-hybridized carbons (Fsp3) is 0.533. The van der Waals surface area contributed by atoms with Crippen molar-refractivity contribution in [3.63, 3.8) is 0 Å². The molecule has 1 aromatic carbocycles. The van der Waals surface area contributed by atoms with Crippen LogP contribution in [0.1, 0.15) is 23.2 Å². The first-order chi connectivity index (χ1) is 10.1. The number of ether oxygens (including phenoxy) is 3. The quantitative estimate of drug-likeness (QED) is 0.822. The highest BCUT2D eigenvalue weighted by Crippen LogP contribution is 2.26. The SMILES string of the molecule is COc1cc(OC)cc(C(=O)NC2(CBr)CCOCC2)c1. The number of halogens is 1. The second-order valence-corrected chi connectivity index (χ2v) is 5.64.